The highest BCUT2D eigenvalue weighted by Crippen LogP contribution is 2.35. The van der Waals surface area contributed by atoms with E-state index in [4.69, 9.17) is 5.73 Å². The van der Waals surface area contributed by atoms with E-state index in [9.17, 15) is 13.2 Å². The summed E-state index contributed by atoms with van der Waals surface area (Å²) in [6.07, 6.45) is -4.49. The van der Waals surface area contributed by atoms with Gasteiger partial charge in [-0.15, -0.1) is 0 Å². The third-order valence-corrected chi connectivity index (χ3v) is 2.97. The predicted octanol–water partition coefficient (Wildman–Crippen LogP) is 4.13. The maximum Gasteiger partial charge on any atom is 0.433 e. The molecule has 2 N–H and O–H groups in total. The monoisotopic (exact) mass is 268 g/mol. The Balaban J connectivity index is 2.84. The predicted molar refractivity (Wildman–Crippen MR) is 69.9 cm³/mol. The van der Waals surface area contributed by atoms with Crippen molar-refractivity contribution >= 4 is 16.6 Å². The van der Waals surface area contributed by atoms with Gasteiger partial charge < -0.3 is 5.73 Å². The average Bonchev–Trinajstić information content (AvgIpc) is 2.25. The minimum atomic E-state index is -4.49. The lowest BCUT2D eigenvalue weighted by Gasteiger charge is -2.21. The summed E-state index contributed by atoms with van der Waals surface area (Å²) in [4.78, 5) is 3.77. The summed E-state index contributed by atoms with van der Waals surface area (Å²) in [5, 5.41) is 0.556. The lowest BCUT2D eigenvalue weighted by atomic mass is 9.85. The fourth-order valence-electron chi connectivity index (χ4n) is 2.03. The van der Waals surface area contributed by atoms with Gasteiger partial charge in [0.05, 0.1) is 5.52 Å². The number of nitrogens with two attached hydrogens (primary N) is 1. The number of nitrogens with zero attached hydrogens (tertiary/aromatic N) is 1. The topological polar surface area (TPSA) is 38.9 Å². The molecule has 0 spiro atoms. The third kappa shape index (κ3) is 2.50. The molecule has 2 rings (SSSR count). The first-order valence-corrected chi connectivity index (χ1v) is 5.87. The molecule has 1 aromatic carbocycles. The standard InChI is InChI=1S/C14H15F3N2/c1-13(2,3)9-6-4-5-8-10(18)7-11(14(15,16)17)19-12(8)9/h4-7H,1-3H3,(H2,18,19). The summed E-state index contributed by atoms with van der Waals surface area (Å²) >= 11 is 0. The molecule has 102 valence electrons. The van der Waals surface area contributed by atoms with Gasteiger partial charge in [-0.25, -0.2) is 4.98 Å². The van der Waals surface area contributed by atoms with Gasteiger partial charge >= 0.3 is 6.18 Å². The lowest BCUT2D eigenvalue weighted by Crippen LogP contribution is -2.15. The van der Waals surface area contributed by atoms with Crippen LogP contribution in [0.3, 0.4) is 0 Å². The highest BCUT2D eigenvalue weighted by atomic mass is 19.4. The van der Waals surface area contributed by atoms with Gasteiger partial charge in [0.25, 0.3) is 0 Å². The second kappa shape index (κ2) is 4.11. The number of aromatic nitrogens is 1. The Morgan fingerprint density at radius 2 is 1.74 bits per heavy atom. The van der Waals surface area contributed by atoms with Gasteiger partial charge in [-0.3, -0.25) is 0 Å². The van der Waals surface area contributed by atoms with E-state index in [1.807, 2.05) is 20.8 Å². The molecule has 0 aliphatic heterocycles. The SMILES string of the molecule is CC(C)(C)c1cccc2c(N)cc(C(F)(F)F)nc12. The second-order valence-electron chi connectivity index (χ2n) is 5.55. The van der Waals surface area contributed by atoms with Gasteiger partial charge in [0.1, 0.15) is 5.69 Å². The van der Waals surface area contributed by atoms with Gasteiger partial charge in [0, 0.05) is 11.1 Å². The maximum absolute atomic E-state index is 12.8. The van der Waals surface area contributed by atoms with Gasteiger partial charge in [-0.05, 0) is 17.0 Å². The largest absolute Gasteiger partial charge is 0.433 e. The number of anilines is 1. The van der Waals surface area contributed by atoms with Crippen LogP contribution in [0, 0.1) is 0 Å². The van der Waals surface area contributed by atoms with E-state index in [-0.39, 0.29) is 11.1 Å². The molecule has 0 amide bonds. The van der Waals surface area contributed by atoms with Crippen molar-refractivity contribution < 1.29 is 13.2 Å². The first-order valence-electron chi connectivity index (χ1n) is 5.87. The summed E-state index contributed by atoms with van der Waals surface area (Å²) in [6.45, 7) is 5.79. The highest BCUT2D eigenvalue weighted by molar-refractivity contribution is 5.93. The van der Waals surface area contributed by atoms with Crippen LogP contribution in [0.1, 0.15) is 32.0 Å². The number of fused-ring (bicyclic) bond motifs is 1. The fraction of sp³-hybridized carbons (Fsp3) is 0.357. The average molecular weight is 268 g/mol. The number of hydrogen-bond donors (Lipinski definition) is 1. The first kappa shape index (κ1) is 13.6. The number of pyridine rings is 1. The highest BCUT2D eigenvalue weighted by Gasteiger charge is 2.33. The van der Waals surface area contributed by atoms with Crippen molar-refractivity contribution in [3.8, 4) is 0 Å². The Kier molecular flexibility index (Phi) is 2.96. The summed E-state index contributed by atoms with van der Waals surface area (Å²) < 4.78 is 38.4. The molecule has 1 aromatic heterocycles. The van der Waals surface area contributed by atoms with E-state index in [0.29, 0.717) is 10.9 Å². The minimum absolute atomic E-state index is 0.100. The van der Waals surface area contributed by atoms with Crippen LogP contribution in [0.15, 0.2) is 24.3 Å². The Hall–Kier alpha value is -1.78. The number of benzene rings is 1. The zero-order valence-electron chi connectivity index (χ0n) is 11.0. The molecule has 19 heavy (non-hydrogen) atoms. The van der Waals surface area contributed by atoms with Crippen LogP contribution in [0.2, 0.25) is 0 Å². The lowest BCUT2D eigenvalue weighted by molar-refractivity contribution is -0.140. The molecular formula is C14H15F3N2. The van der Waals surface area contributed by atoms with E-state index < -0.39 is 11.9 Å². The molecule has 0 saturated carbocycles. The Labute approximate surface area is 109 Å². The number of rotatable bonds is 0. The van der Waals surface area contributed by atoms with E-state index in [1.165, 1.54) is 0 Å². The van der Waals surface area contributed by atoms with Crippen molar-refractivity contribution in [1.29, 1.82) is 0 Å². The number of para-hydroxylation sites is 1. The first-order chi connectivity index (χ1) is 8.60. The van der Waals surface area contributed by atoms with Crippen LogP contribution in [0.4, 0.5) is 18.9 Å². The van der Waals surface area contributed by atoms with Crippen molar-refractivity contribution in [3.05, 3.63) is 35.5 Å². The molecule has 0 unspecified atom stereocenters. The Morgan fingerprint density at radius 1 is 1.11 bits per heavy atom. The number of alkyl halides is 3. The molecule has 0 aliphatic rings. The molecule has 1 heterocycles. The molecule has 0 radical (unpaired) electrons. The van der Waals surface area contributed by atoms with Crippen LogP contribution in [0.5, 0.6) is 0 Å². The summed E-state index contributed by atoms with van der Waals surface area (Å²) in [6, 6.07) is 6.14. The molecule has 2 aromatic rings. The van der Waals surface area contributed by atoms with Gasteiger partial charge in [0.15, 0.2) is 0 Å². The minimum Gasteiger partial charge on any atom is -0.398 e. The number of hydrogen-bond acceptors (Lipinski definition) is 2. The molecular weight excluding hydrogens is 253 g/mol. The molecule has 0 atom stereocenters. The van der Waals surface area contributed by atoms with Crippen LogP contribution >= 0.6 is 0 Å². The molecule has 0 fully saturated rings. The van der Waals surface area contributed by atoms with Crippen molar-refractivity contribution in [2.75, 3.05) is 5.73 Å². The Bertz CT molecular complexity index is 625. The van der Waals surface area contributed by atoms with Gasteiger partial charge in [0.2, 0.25) is 0 Å². The van der Waals surface area contributed by atoms with Crippen LogP contribution in [-0.4, -0.2) is 4.98 Å². The van der Waals surface area contributed by atoms with Crippen molar-refractivity contribution in [3.63, 3.8) is 0 Å². The molecule has 5 heteroatoms. The normalized spacial score (nSPS) is 12.9. The summed E-state index contributed by atoms with van der Waals surface area (Å²) in [5.41, 5.74) is 5.65. The summed E-state index contributed by atoms with van der Waals surface area (Å²) in [5.74, 6) is 0. The van der Waals surface area contributed by atoms with E-state index in [1.54, 1.807) is 18.2 Å². The zero-order valence-corrected chi connectivity index (χ0v) is 11.0. The number of halogens is 3. The van der Waals surface area contributed by atoms with Crippen LogP contribution in [0.25, 0.3) is 10.9 Å². The Morgan fingerprint density at radius 3 is 2.26 bits per heavy atom. The number of nitrogen functional groups attached to an aromatic ring is 1. The molecule has 0 saturated heterocycles. The maximum atomic E-state index is 12.8. The quantitative estimate of drug-likeness (QED) is 0.780. The molecule has 0 aliphatic carbocycles. The summed E-state index contributed by atoms with van der Waals surface area (Å²) in [7, 11) is 0. The fourth-order valence-corrected chi connectivity index (χ4v) is 2.03. The van der Waals surface area contributed by atoms with E-state index >= 15 is 0 Å². The van der Waals surface area contributed by atoms with Crippen molar-refractivity contribution in [2.45, 2.75) is 32.4 Å². The van der Waals surface area contributed by atoms with Gasteiger partial charge in [-0.2, -0.15) is 13.2 Å². The second-order valence-corrected chi connectivity index (χ2v) is 5.55. The van der Waals surface area contributed by atoms with E-state index in [0.717, 1.165) is 11.6 Å². The third-order valence-electron chi connectivity index (χ3n) is 2.97. The van der Waals surface area contributed by atoms with Crippen LogP contribution < -0.4 is 5.73 Å². The van der Waals surface area contributed by atoms with Crippen molar-refractivity contribution in [2.24, 2.45) is 0 Å². The van der Waals surface area contributed by atoms with Crippen molar-refractivity contribution in [1.82, 2.24) is 4.98 Å². The molecule has 2 nitrogen and oxygen atoms in total. The molecule has 0 bridgehead atoms. The van der Waals surface area contributed by atoms with Crippen LogP contribution in [-0.2, 0) is 11.6 Å². The van der Waals surface area contributed by atoms with Gasteiger partial charge in [-0.1, -0.05) is 39.0 Å². The van der Waals surface area contributed by atoms with E-state index in [2.05, 4.69) is 4.98 Å². The zero-order chi connectivity index (χ0) is 14.4. The smallest absolute Gasteiger partial charge is 0.398 e.